The molecule has 1 heterocycles. The predicted octanol–water partition coefficient (Wildman–Crippen LogP) is 0.992. The summed E-state index contributed by atoms with van der Waals surface area (Å²) in [5.74, 6) is 0.936. The molecule has 1 aromatic heterocycles. The van der Waals surface area contributed by atoms with Crippen LogP contribution in [-0.4, -0.2) is 12.0 Å². The lowest BCUT2D eigenvalue weighted by Gasteiger charge is -2.01. The van der Waals surface area contributed by atoms with Crippen molar-refractivity contribution in [1.82, 2.24) is 10.3 Å². The lowest BCUT2D eigenvalue weighted by atomic mass is 10.2. The Kier molecular flexibility index (Phi) is 5.63. The summed E-state index contributed by atoms with van der Waals surface area (Å²) in [5.41, 5.74) is 12.0. The van der Waals surface area contributed by atoms with Gasteiger partial charge in [-0.25, -0.2) is 4.98 Å². The van der Waals surface area contributed by atoms with Gasteiger partial charge >= 0.3 is 0 Å². The van der Waals surface area contributed by atoms with E-state index in [4.69, 9.17) is 11.5 Å². The summed E-state index contributed by atoms with van der Waals surface area (Å²) in [7, 11) is 1.87. The van der Waals surface area contributed by atoms with Crippen LogP contribution in [0.15, 0.2) is 12.1 Å². The van der Waals surface area contributed by atoms with Crippen LogP contribution in [0.25, 0.3) is 0 Å². The number of nitrogen functional groups attached to an aromatic ring is 2. The molecule has 4 heteroatoms. The zero-order valence-electron chi connectivity index (χ0n) is 8.46. The summed E-state index contributed by atoms with van der Waals surface area (Å²) in [5, 5.41) is 3.00. The molecule has 0 atom stereocenters. The van der Waals surface area contributed by atoms with Crippen molar-refractivity contribution >= 4 is 11.6 Å². The van der Waals surface area contributed by atoms with Crippen molar-refractivity contribution in [2.45, 2.75) is 20.4 Å². The molecule has 0 fully saturated rings. The van der Waals surface area contributed by atoms with Gasteiger partial charge in [-0.05, 0) is 24.7 Å². The molecule has 1 rings (SSSR count). The zero-order chi connectivity index (χ0) is 10.3. The quantitative estimate of drug-likeness (QED) is 0.637. The number of hydrogen-bond donors (Lipinski definition) is 3. The molecule has 0 aliphatic heterocycles. The first-order chi connectivity index (χ1) is 6.22. The molecule has 74 valence electrons. The van der Waals surface area contributed by atoms with Gasteiger partial charge in [0.05, 0.1) is 0 Å². The molecule has 0 aliphatic carbocycles. The molecule has 0 aliphatic rings. The Labute approximate surface area is 79.3 Å². The van der Waals surface area contributed by atoms with E-state index in [1.54, 1.807) is 12.1 Å². The number of pyridine rings is 1. The highest BCUT2D eigenvalue weighted by Crippen LogP contribution is 2.07. The minimum absolute atomic E-state index is 0.468. The van der Waals surface area contributed by atoms with Crippen LogP contribution in [0.4, 0.5) is 11.6 Å². The Hall–Kier alpha value is -1.29. The van der Waals surface area contributed by atoms with Gasteiger partial charge in [-0.15, -0.1) is 0 Å². The van der Waals surface area contributed by atoms with Crippen molar-refractivity contribution in [3.8, 4) is 0 Å². The Morgan fingerprint density at radius 3 is 2.08 bits per heavy atom. The summed E-state index contributed by atoms with van der Waals surface area (Å²) in [6.45, 7) is 4.76. The summed E-state index contributed by atoms with van der Waals surface area (Å²) in [6, 6.07) is 3.60. The molecular formula is C9H18N4. The van der Waals surface area contributed by atoms with E-state index in [2.05, 4.69) is 10.3 Å². The first-order valence-corrected chi connectivity index (χ1v) is 4.39. The first kappa shape index (κ1) is 11.7. The molecule has 0 unspecified atom stereocenters. The van der Waals surface area contributed by atoms with E-state index >= 15 is 0 Å². The first-order valence-electron chi connectivity index (χ1n) is 4.39. The van der Waals surface area contributed by atoms with Gasteiger partial charge < -0.3 is 16.8 Å². The summed E-state index contributed by atoms with van der Waals surface area (Å²) >= 11 is 0. The van der Waals surface area contributed by atoms with Crippen molar-refractivity contribution in [1.29, 1.82) is 0 Å². The number of anilines is 2. The largest absolute Gasteiger partial charge is 0.384 e. The van der Waals surface area contributed by atoms with Crippen LogP contribution < -0.4 is 16.8 Å². The Bertz CT molecular complexity index is 227. The van der Waals surface area contributed by atoms with Gasteiger partial charge in [-0.2, -0.15) is 0 Å². The zero-order valence-corrected chi connectivity index (χ0v) is 8.46. The number of hydrogen-bond acceptors (Lipinski definition) is 4. The normalized spacial score (nSPS) is 8.85. The third-order valence-corrected chi connectivity index (χ3v) is 1.31. The van der Waals surface area contributed by atoms with Crippen molar-refractivity contribution in [3.63, 3.8) is 0 Å². The molecule has 5 N–H and O–H groups in total. The molecule has 0 aromatic carbocycles. The minimum atomic E-state index is 0.468. The van der Waals surface area contributed by atoms with Gasteiger partial charge in [-0.3, -0.25) is 0 Å². The van der Waals surface area contributed by atoms with Crippen LogP contribution in [0.5, 0.6) is 0 Å². The topological polar surface area (TPSA) is 77.0 Å². The summed E-state index contributed by atoms with van der Waals surface area (Å²) < 4.78 is 0. The highest BCUT2D eigenvalue weighted by atomic mass is 14.9. The monoisotopic (exact) mass is 182 g/mol. The molecule has 0 bridgehead atoms. The minimum Gasteiger partial charge on any atom is -0.384 e. The van der Waals surface area contributed by atoms with Gasteiger partial charge in [0.15, 0.2) is 0 Å². The number of nitrogens with one attached hydrogen (secondary N) is 1. The van der Waals surface area contributed by atoms with E-state index < -0.39 is 0 Å². The fraction of sp³-hybridized carbons (Fsp3) is 0.444. The summed E-state index contributed by atoms with van der Waals surface area (Å²) in [6.07, 6.45) is 0. The van der Waals surface area contributed by atoms with Crippen LogP contribution in [0.1, 0.15) is 19.4 Å². The average Bonchev–Trinajstić information content (AvgIpc) is 2.06. The number of aromatic nitrogens is 1. The van der Waals surface area contributed by atoms with Gasteiger partial charge in [0.25, 0.3) is 0 Å². The average molecular weight is 182 g/mol. The van der Waals surface area contributed by atoms with E-state index in [9.17, 15) is 0 Å². The van der Waals surface area contributed by atoms with Crippen LogP contribution in [0.2, 0.25) is 0 Å². The smallest absolute Gasteiger partial charge is 0.126 e. The van der Waals surface area contributed by atoms with Gasteiger partial charge in [0, 0.05) is 6.54 Å². The molecule has 0 amide bonds. The van der Waals surface area contributed by atoms with Crippen molar-refractivity contribution in [2.75, 3.05) is 18.5 Å². The molecule has 13 heavy (non-hydrogen) atoms. The second-order valence-corrected chi connectivity index (χ2v) is 2.36. The number of rotatable bonds is 2. The van der Waals surface area contributed by atoms with Crippen molar-refractivity contribution < 1.29 is 0 Å². The van der Waals surface area contributed by atoms with Gasteiger partial charge in [-0.1, -0.05) is 13.8 Å². The SMILES string of the molecule is CC.CNCc1cc(N)nc(N)c1. The molecule has 0 saturated carbocycles. The summed E-state index contributed by atoms with van der Waals surface area (Å²) in [4.78, 5) is 3.84. The van der Waals surface area contributed by atoms with Crippen molar-refractivity contribution in [2.24, 2.45) is 0 Å². The van der Waals surface area contributed by atoms with Gasteiger partial charge in [0.1, 0.15) is 11.6 Å². The number of nitrogens with zero attached hydrogens (tertiary/aromatic N) is 1. The fourth-order valence-electron chi connectivity index (χ4n) is 0.941. The molecule has 0 spiro atoms. The molecule has 0 radical (unpaired) electrons. The van der Waals surface area contributed by atoms with E-state index in [0.717, 1.165) is 12.1 Å². The molecular weight excluding hydrogens is 164 g/mol. The maximum absolute atomic E-state index is 5.47. The third kappa shape index (κ3) is 4.32. The Morgan fingerprint density at radius 1 is 1.23 bits per heavy atom. The molecule has 0 saturated heterocycles. The second-order valence-electron chi connectivity index (χ2n) is 2.36. The van der Waals surface area contributed by atoms with E-state index in [0.29, 0.717) is 11.6 Å². The lowest BCUT2D eigenvalue weighted by Crippen LogP contribution is -2.07. The maximum Gasteiger partial charge on any atom is 0.126 e. The lowest BCUT2D eigenvalue weighted by molar-refractivity contribution is 0.817. The maximum atomic E-state index is 5.47. The van der Waals surface area contributed by atoms with E-state index in [1.165, 1.54) is 0 Å². The Morgan fingerprint density at radius 2 is 1.69 bits per heavy atom. The van der Waals surface area contributed by atoms with Crippen LogP contribution >= 0.6 is 0 Å². The predicted molar refractivity (Wildman–Crippen MR) is 57.2 cm³/mol. The van der Waals surface area contributed by atoms with Crippen molar-refractivity contribution in [3.05, 3.63) is 17.7 Å². The highest BCUT2D eigenvalue weighted by molar-refractivity contribution is 5.43. The van der Waals surface area contributed by atoms with Crippen LogP contribution in [0.3, 0.4) is 0 Å². The number of nitrogens with two attached hydrogens (primary N) is 2. The van der Waals surface area contributed by atoms with Crippen LogP contribution in [-0.2, 0) is 6.54 Å². The van der Waals surface area contributed by atoms with Gasteiger partial charge in [0.2, 0.25) is 0 Å². The standard InChI is InChI=1S/C7H12N4.C2H6/c1-10-4-5-2-6(8)11-7(9)3-5;1-2/h2-3,10H,4H2,1H3,(H4,8,9,11);1-2H3. The molecule has 4 nitrogen and oxygen atoms in total. The second kappa shape index (κ2) is 6.25. The molecule has 1 aromatic rings. The van der Waals surface area contributed by atoms with E-state index in [1.807, 2.05) is 20.9 Å². The fourth-order valence-corrected chi connectivity index (χ4v) is 0.941. The highest BCUT2D eigenvalue weighted by Gasteiger charge is 1.95. The van der Waals surface area contributed by atoms with Crippen LogP contribution in [0, 0.1) is 0 Å². The third-order valence-electron chi connectivity index (χ3n) is 1.31. The van der Waals surface area contributed by atoms with E-state index in [-0.39, 0.29) is 0 Å². The Balaban J connectivity index is 0.000000671.